The first-order valence-electron chi connectivity index (χ1n) is 11.6. The summed E-state index contributed by atoms with van der Waals surface area (Å²) in [7, 11) is 1.54. The molecule has 2 aromatic carbocycles. The Morgan fingerprint density at radius 3 is 2.57 bits per heavy atom. The number of para-hydroxylation sites is 1. The van der Waals surface area contributed by atoms with Gasteiger partial charge >= 0.3 is 0 Å². The van der Waals surface area contributed by atoms with Crippen LogP contribution < -0.4 is 14.4 Å². The number of fused-ring (bicyclic) bond motifs is 3. The molecular formula is C26H26N2O7. The zero-order valence-electron chi connectivity index (χ0n) is 19.6. The summed E-state index contributed by atoms with van der Waals surface area (Å²) in [6, 6.07) is 11.8. The molecule has 2 aromatic rings. The molecule has 0 radical (unpaired) electrons. The van der Waals surface area contributed by atoms with E-state index in [1.165, 1.54) is 4.90 Å². The van der Waals surface area contributed by atoms with Crippen molar-refractivity contribution in [1.29, 1.82) is 0 Å². The van der Waals surface area contributed by atoms with Gasteiger partial charge in [-0.25, -0.2) is 0 Å². The molecule has 1 fully saturated rings. The van der Waals surface area contributed by atoms with Crippen LogP contribution in [0.1, 0.15) is 24.5 Å². The van der Waals surface area contributed by atoms with Gasteiger partial charge < -0.3 is 29.1 Å². The van der Waals surface area contributed by atoms with Crippen LogP contribution in [0.4, 0.5) is 5.69 Å². The number of anilines is 1. The van der Waals surface area contributed by atoms with Crippen LogP contribution in [0.15, 0.2) is 48.0 Å². The van der Waals surface area contributed by atoms with Crippen LogP contribution >= 0.6 is 0 Å². The molecule has 5 rings (SSSR count). The third kappa shape index (κ3) is 3.22. The second kappa shape index (κ2) is 8.74. The second-order valence-electron chi connectivity index (χ2n) is 8.49. The van der Waals surface area contributed by atoms with E-state index < -0.39 is 28.9 Å². The van der Waals surface area contributed by atoms with Crippen LogP contribution in [-0.2, 0) is 24.7 Å². The number of carbonyl (C=O) groups excluding carboxylic acids is 3. The topological polar surface area (TPSA) is 106 Å². The highest BCUT2D eigenvalue weighted by atomic mass is 16.6. The molecule has 35 heavy (non-hydrogen) atoms. The number of methoxy groups -OCH3 is 1. The molecule has 182 valence electrons. The number of rotatable bonds is 6. The summed E-state index contributed by atoms with van der Waals surface area (Å²) in [6.45, 7) is 3.36. The summed E-state index contributed by atoms with van der Waals surface area (Å²) in [4.78, 5) is 43.8. The van der Waals surface area contributed by atoms with Crippen LogP contribution in [0, 0.1) is 0 Å². The number of Topliss-reactive ketones (excluding diaryl/α,β-unsaturated/α-hetero) is 1. The minimum absolute atomic E-state index is 0.105. The zero-order valence-corrected chi connectivity index (χ0v) is 19.6. The Bertz CT molecular complexity index is 1250. The van der Waals surface area contributed by atoms with Gasteiger partial charge in [0.2, 0.25) is 0 Å². The number of ketones is 1. The number of hydrogen-bond acceptors (Lipinski definition) is 7. The Labute approximate surface area is 202 Å². The number of ether oxygens (including phenoxy) is 3. The van der Waals surface area contributed by atoms with Crippen molar-refractivity contribution in [2.45, 2.75) is 18.9 Å². The average Bonchev–Trinajstić information content (AvgIpc) is 3.26. The summed E-state index contributed by atoms with van der Waals surface area (Å²) in [5, 5.41) is 11.5. The van der Waals surface area contributed by atoms with E-state index in [2.05, 4.69) is 0 Å². The van der Waals surface area contributed by atoms with Crippen molar-refractivity contribution in [3.8, 4) is 11.5 Å². The molecule has 3 heterocycles. The van der Waals surface area contributed by atoms with Crippen molar-refractivity contribution < 1.29 is 33.7 Å². The van der Waals surface area contributed by atoms with Crippen molar-refractivity contribution >= 4 is 29.0 Å². The van der Waals surface area contributed by atoms with Crippen molar-refractivity contribution in [3.05, 3.63) is 59.2 Å². The first-order chi connectivity index (χ1) is 17.0. The number of carbonyl (C=O) groups is 3. The van der Waals surface area contributed by atoms with Gasteiger partial charge in [0.25, 0.3) is 17.6 Å². The van der Waals surface area contributed by atoms with Gasteiger partial charge in [-0.3, -0.25) is 14.4 Å². The fraction of sp³-hybridized carbons (Fsp3) is 0.346. The molecule has 0 saturated carbocycles. The highest BCUT2D eigenvalue weighted by Gasteiger charge is 2.66. The van der Waals surface area contributed by atoms with Crippen LogP contribution in [0.3, 0.4) is 0 Å². The maximum Gasteiger partial charge on any atom is 0.296 e. The van der Waals surface area contributed by atoms with Crippen molar-refractivity contribution in [1.82, 2.24) is 4.90 Å². The second-order valence-corrected chi connectivity index (χ2v) is 8.49. The highest BCUT2D eigenvalue weighted by molar-refractivity contribution is 6.50. The number of amides is 2. The molecule has 2 amide bonds. The molecule has 3 aliphatic rings. The first-order valence-corrected chi connectivity index (χ1v) is 11.6. The maximum absolute atomic E-state index is 14.1. The fourth-order valence-corrected chi connectivity index (χ4v) is 5.18. The number of nitrogens with zero attached hydrogens (tertiary/aromatic N) is 2. The van der Waals surface area contributed by atoms with Crippen molar-refractivity contribution in [2.75, 3.05) is 44.9 Å². The van der Waals surface area contributed by atoms with Gasteiger partial charge in [-0.05, 0) is 37.6 Å². The quantitative estimate of drug-likeness (QED) is 0.294. The van der Waals surface area contributed by atoms with Gasteiger partial charge in [0.05, 0.1) is 11.3 Å². The Kier molecular flexibility index (Phi) is 5.72. The molecule has 9 nitrogen and oxygen atoms in total. The van der Waals surface area contributed by atoms with Gasteiger partial charge in [0.1, 0.15) is 19.0 Å². The van der Waals surface area contributed by atoms with Crippen LogP contribution in [0.25, 0.3) is 5.76 Å². The molecule has 0 bridgehead atoms. The number of likely N-dealkylation sites (tertiary alicyclic amines) is 1. The van der Waals surface area contributed by atoms with E-state index in [0.29, 0.717) is 55.5 Å². The summed E-state index contributed by atoms with van der Waals surface area (Å²) >= 11 is 0. The van der Waals surface area contributed by atoms with Gasteiger partial charge in [-0.2, -0.15) is 0 Å². The van der Waals surface area contributed by atoms with Gasteiger partial charge in [0.15, 0.2) is 17.0 Å². The Hall–Kier alpha value is -3.85. The van der Waals surface area contributed by atoms with Gasteiger partial charge in [0, 0.05) is 37.9 Å². The predicted octanol–water partition coefficient (Wildman–Crippen LogP) is 2.44. The van der Waals surface area contributed by atoms with E-state index in [4.69, 9.17) is 14.2 Å². The van der Waals surface area contributed by atoms with E-state index >= 15 is 0 Å². The molecule has 3 aliphatic heterocycles. The normalized spacial score (nSPS) is 22.3. The standard InChI is InChI=1S/C26H26N2O7/c1-3-27-18-8-5-4-7-17(18)26(25(27)32)21(23(30)24(31)28(26)11-6-12-33-2)22(29)16-9-10-19-20(15-16)35-14-13-34-19/h4-5,7-10,15,29H,3,6,11-14H2,1-2H3/b22-21+/t26-/m0/s1. The summed E-state index contributed by atoms with van der Waals surface area (Å²) in [5.41, 5.74) is -0.672. The number of aliphatic hydroxyl groups excluding tert-OH is 1. The predicted molar refractivity (Wildman–Crippen MR) is 126 cm³/mol. The van der Waals surface area contributed by atoms with E-state index in [1.807, 2.05) is 6.92 Å². The average molecular weight is 479 g/mol. The molecule has 0 aromatic heterocycles. The smallest absolute Gasteiger partial charge is 0.296 e. The largest absolute Gasteiger partial charge is 0.507 e. The Morgan fingerprint density at radius 1 is 1.09 bits per heavy atom. The van der Waals surface area contributed by atoms with Crippen LogP contribution in [-0.4, -0.2) is 67.6 Å². The summed E-state index contributed by atoms with van der Waals surface area (Å²) in [5.74, 6) is -1.69. The van der Waals surface area contributed by atoms with E-state index in [0.717, 1.165) is 0 Å². The Balaban J connectivity index is 1.76. The molecule has 9 heteroatoms. The van der Waals surface area contributed by atoms with E-state index in [-0.39, 0.29) is 17.7 Å². The SMILES string of the molecule is CCN1C(=O)[C@@]2(/C(=C(/O)c3ccc4c(c3)OCCO4)C(=O)C(=O)N2CCCOC)c2ccccc21. The number of benzene rings is 2. The molecule has 0 unspecified atom stereocenters. The van der Waals surface area contributed by atoms with E-state index in [1.54, 1.807) is 54.5 Å². The van der Waals surface area contributed by atoms with Crippen molar-refractivity contribution in [2.24, 2.45) is 0 Å². The lowest BCUT2D eigenvalue weighted by Gasteiger charge is -2.34. The lowest BCUT2D eigenvalue weighted by molar-refractivity contribution is -0.143. The third-order valence-electron chi connectivity index (χ3n) is 6.67. The minimum Gasteiger partial charge on any atom is -0.507 e. The van der Waals surface area contributed by atoms with Crippen molar-refractivity contribution in [3.63, 3.8) is 0 Å². The lowest BCUT2D eigenvalue weighted by Crippen LogP contribution is -2.52. The highest BCUT2D eigenvalue weighted by Crippen LogP contribution is 2.53. The molecule has 1 saturated heterocycles. The third-order valence-corrected chi connectivity index (χ3v) is 6.67. The Morgan fingerprint density at radius 2 is 1.83 bits per heavy atom. The minimum atomic E-state index is -1.77. The molecule has 1 N–H and O–H groups in total. The van der Waals surface area contributed by atoms with Gasteiger partial charge in [-0.1, -0.05) is 18.2 Å². The fourth-order valence-electron chi connectivity index (χ4n) is 5.18. The monoisotopic (exact) mass is 478 g/mol. The molecule has 0 aliphatic carbocycles. The molecule has 1 spiro atoms. The maximum atomic E-state index is 14.1. The molecule has 1 atom stereocenters. The van der Waals surface area contributed by atoms with Crippen LogP contribution in [0.2, 0.25) is 0 Å². The first kappa shape index (κ1) is 22.9. The summed E-state index contributed by atoms with van der Waals surface area (Å²) in [6.07, 6.45) is 0.414. The number of hydrogen-bond donors (Lipinski definition) is 1. The number of aliphatic hydroxyl groups is 1. The lowest BCUT2D eigenvalue weighted by atomic mass is 9.81. The van der Waals surface area contributed by atoms with Crippen LogP contribution in [0.5, 0.6) is 11.5 Å². The van der Waals surface area contributed by atoms with Gasteiger partial charge in [-0.15, -0.1) is 0 Å². The summed E-state index contributed by atoms with van der Waals surface area (Å²) < 4.78 is 16.3. The van der Waals surface area contributed by atoms with E-state index in [9.17, 15) is 19.5 Å². The zero-order chi connectivity index (χ0) is 24.7. The number of likely N-dealkylation sites (N-methyl/N-ethyl adjacent to an activating group) is 1. The molecular weight excluding hydrogens is 452 g/mol.